The van der Waals surface area contributed by atoms with Gasteiger partial charge in [0.2, 0.25) is 0 Å². The molecule has 3 aromatic heterocycles. The molecule has 0 bridgehead atoms. The summed E-state index contributed by atoms with van der Waals surface area (Å²) in [5.74, 6) is 0.0513. The van der Waals surface area contributed by atoms with Crippen molar-refractivity contribution in [3.8, 4) is 22.6 Å². The van der Waals surface area contributed by atoms with Crippen LogP contribution in [0.3, 0.4) is 0 Å². The van der Waals surface area contributed by atoms with Crippen LogP contribution in [0.2, 0.25) is 0 Å². The van der Waals surface area contributed by atoms with Crippen LogP contribution in [0.5, 0.6) is 0 Å². The standard InChI is InChI=1S/C15H9FN4O/c16-11-4-2-1-3-10(11)13-14(12-5-6-17-9-18-12)20-7-8-21-15(20)19-13/h1-9H. The van der Waals surface area contributed by atoms with Crippen molar-refractivity contribution in [3.05, 3.63) is 61.1 Å². The van der Waals surface area contributed by atoms with Gasteiger partial charge in [-0.25, -0.2) is 14.4 Å². The largest absolute Gasteiger partial charge is 0.432 e. The summed E-state index contributed by atoms with van der Waals surface area (Å²) in [6.07, 6.45) is 6.33. The number of hydrogen-bond donors (Lipinski definition) is 0. The normalized spacial score (nSPS) is 11.1. The van der Waals surface area contributed by atoms with E-state index in [0.29, 0.717) is 28.5 Å². The van der Waals surface area contributed by atoms with Crippen molar-refractivity contribution in [1.82, 2.24) is 19.4 Å². The SMILES string of the molecule is Fc1ccccc1-c1nc2occn2c1-c1ccncn1. The molecule has 0 aliphatic rings. The van der Waals surface area contributed by atoms with Crippen molar-refractivity contribution in [1.29, 1.82) is 0 Å². The number of hydrogen-bond acceptors (Lipinski definition) is 4. The van der Waals surface area contributed by atoms with Crippen molar-refractivity contribution in [3.63, 3.8) is 0 Å². The Morgan fingerprint density at radius 1 is 1.14 bits per heavy atom. The fraction of sp³-hybridized carbons (Fsp3) is 0. The summed E-state index contributed by atoms with van der Waals surface area (Å²) in [6, 6.07) is 8.25. The van der Waals surface area contributed by atoms with Gasteiger partial charge in [-0.1, -0.05) is 12.1 Å². The van der Waals surface area contributed by atoms with Crippen molar-refractivity contribution < 1.29 is 8.81 Å². The van der Waals surface area contributed by atoms with E-state index in [4.69, 9.17) is 4.42 Å². The van der Waals surface area contributed by atoms with Crippen LogP contribution in [0.4, 0.5) is 4.39 Å². The molecule has 4 rings (SSSR count). The second-order valence-electron chi connectivity index (χ2n) is 4.44. The molecule has 1 aromatic carbocycles. The predicted octanol–water partition coefficient (Wildman–Crippen LogP) is 3.19. The van der Waals surface area contributed by atoms with Gasteiger partial charge in [-0.3, -0.25) is 4.40 Å². The number of rotatable bonds is 2. The zero-order valence-corrected chi connectivity index (χ0v) is 10.8. The lowest BCUT2D eigenvalue weighted by molar-refractivity contribution is 0.596. The van der Waals surface area contributed by atoms with Crippen molar-refractivity contribution in [2.45, 2.75) is 0 Å². The summed E-state index contributed by atoms with van der Waals surface area (Å²) in [5, 5.41) is 0. The monoisotopic (exact) mass is 280 g/mol. The molecule has 102 valence electrons. The highest BCUT2D eigenvalue weighted by Gasteiger charge is 2.20. The van der Waals surface area contributed by atoms with Crippen LogP contribution in [0.1, 0.15) is 0 Å². The predicted molar refractivity (Wildman–Crippen MR) is 73.9 cm³/mol. The minimum absolute atomic E-state index is 0.339. The molecule has 0 aliphatic heterocycles. The minimum Gasteiger partial charge on any atom is -0.432 e. The van der Waals surface area contributed by atoms with E-state index in [1.165, 1.54) is 18.7 Å². The fourth-order valence-corrected chi connectivity index (χ4v) is 2.30. The van der Waals surface area contributed by atoms with Crippen LogP contribution in [0.25, 0.3) is 28.5 Å². The minimum atomic E-state index is -0.339. The van der Waals surface area contributed by atoms with E-state index >= 15 is 0 Å². The van der Waals surface area contributed by atoms with Gasteiger partial charge in [0.1, 0.15) is 29.8 Å². The Kier molecular flexibility index (Phi) is 2.53. The van der Waals surface area contributed by atoms with Crippen LogP contribution in [0.15, 0.2) is 59.7 Å². The van der Waals surface area contributed by atoms with Gasteiger partial charge in [0.15, 0.2) is 0 Å². The van der Waals surface area contributed by atoms with Crippen LogP contribution in [-0.2, 0) is 0 Å². The van der Waals surface area contributed by atoms with E-state index < -0.39 is 0 Å². The third-order valence-electron chi connectivity index (χ3n) is 3.22. The van der Waals surface area contributed by atoms with Crippen LogP contribution < -0.4 is 0 Å². The van der Waals surface area contributed by atoms with Crippen molar-refractivity contribution >= 4 is 5.84 Å². The van der Waals surface area contributed by atoms with Gasteiger partial charge in [0, 0.05) is 18.0 Å². The van der Waals surface area contributed by atoms with E-state index in [1.54, 1.807) is 41.1 Å². The molecule has 3 heterocycles. The first kappa shape index (κ1) is 11.8. The Morgan fingerprint density at radius 3 is 2.86 bits per heavy atom. The summed E-state index contributed by atoms with van der Waals surface area (Å²) in [5.41, 5.74) is 2.22. The molecule has 0 radical (unpaired) electrons. The second-order valence-corrected chi connectivity index (χ2v) is 4.44. The Bertz CT molecular complexity index is 914. The van der Waals surface area contributed by atoms with Gasteiger partial charge >= 0.3 is 5.84 Å². The van der Waals surface area contributed by atoms with Crippen LogP contribution in [-0.4, -0.2) is 19.4 Å². The van der Waals surface area contributed by atoms with Gasteiger partial charge in [0.05, 0.1) is 5.69 Å². The lowest BCUT2D eigenvalue weighted by atomic mass is 10.1. The third-order valence-corrected chi connectivity index (χ3v) is 3.22. The highest BCUT2D eigenvalue weighted by atomic mass is 19.1. The van der Waals surface area contributed by atoms with Gasteiger partial charge in [-0.2, -0.15) is 4.98 Å². The second kappa shape index (κ2) is 4.52. The maximum atomic E-state index is 14.1. The average Bonchev–Trinajstić information content (AvgIpc) is 3.09. The zero-order chi connectivity index (χ0) is 14.2. The van der Waals surface area contributed by atoms with Gasteiger partial charge < -0.3 is 4.42 Å². The first-order valence-electron chi connectivity index (χ1n) is 6.31. The van der Waals surface area contributed by atoms with Crippen molar-refractivity contribution in [2.24, 2.45) is 0 Å². The molecule has 6 heteroatoms. The molecule has 0 unspecified atom stereocenters. The summed E-state index contributed by atoms with van der Waals surface area (Å²) >= 11 is 0. The molecule has 5 nitrogen and oxygen atoms in total. The van der Waals surface area contributed by atoms with E-state index in [9.17, 15) is 4.39 Å². The third kappa shape index (κ3) is 1.80. The number of halogens is 1. The molecule has 0 saturated heterocycles. The maximum Gasteiger partial charge on any atom is 0.306 e. The summed E-state index contributed by atoms with van der Waals surface area (Å²) in [7, 11) is 0. The van der Waals surface area contributed by atoms with E-state index in [-0.39, 0.29) is 5.82 Å². The molecule has 0 N–H and O–H groups in total. The van der Waals surface area contributed by atoms with Gasteiger partial charge in [-0.15, -0.1) is 0 Å². The molecule has 0 fully saturated rings. The molecular weight excluding hydrogens is 271 g/mol. The first-order valence-corrected chi connectivity index (χ1v) is 6.31. The average molecular weight is 280 g/mol. The lowest BCUT2D eigenvalue weighted by Crippen LogP contribution is -1.92. The number of oxazole rings is 1. The highest BCUT2D eigenvalue weighted by Crippen LogP contribution is 2.32. The maximum absolute atomic E-state index is 14.1. The van der Waals surface area contributed by atoms with E-state index in [1.807, 2.05) is 0 Å². The molecule has 0 spiro atoms. The Morgan fingerprint density at radius 2 is 2.05 bits per heavy atom. The molecule has 0 aliphatic carbocycles. The number of nitrogens with zero attached hydrogens (tertiary/aromatic N) is 4. The molecule has 4 aromatic rings. The highest BCUT2D eigenvalue weighted by molar-refractivity contribution is 5.79. The van der Waals surface area contributed by atoms with Crippen LogP contribution in [0, 0.1) is 5.82 Å². The zero-order valence-electron chi connectivity index (χ0n) is 10.8. The summed E-state index contributed by atoms with van der Waals surface area (Å²) in [6.45, 7) is 0. The number of benzene rings is 1. The molecule has 0 atom stereocenters. The topological polar surface area (TPSA) is 56.2 Å². The van der Waals surface area contributed by atoms with Gasteiger partial charge in [-0.05, 0) is 18.2 Å². The Hall–Kier alpha value is -3.02. The molecule has 0 amide bonds. The number of aromatic nitrogens is 4. The molecular formula is C15H9FN4O. The lowest BCUT2D eigenvalue weighted by Gasteiger charge is -2.04. The van der Waals surface area contributed by atoms with Crippen LogP contribution >= 0.6 is 0 Å². The van der Waals surface area contributed by atoms with Gasteiger partial charge in [0.25, 0.3) is 0 Å². The Balaban J connectivity index is 2.06. The fourth-order valence-electron chi connectivity index (χ4n) is 2.30. The number of imidazole rings is 1. The quantitative estimate of drug-likeness (QED) is 0.566. The summed E-state index contributed by atoms with van der Waals surface area (Å²) in [4.78, 5) is 12.5. The number of fused-ring (bicyclic) bond motifs is 1. The smallest absolute Gasteiger partial charge is 0.306 e. The van der Waals surface area contributed by atoms with E-state index in [0.717, 1.165) is 0 Å². The molecule has 0 saturated carbocycles. The van der Waals surface area contributed by atoms with Crippen molar-refractivity contribution in [2.75, 3.05) is 0 Å². The molecule has 21 heavy (non-hydrogen) atoms. The van der Waals surface area contributed by atoms with E-state index in [2.05, 4.69) is 15.0 Å². The Labute approximate surface area is 118 Å². The summed E-state index contributed by atoms with van der Waals surface area (Å²) < 4.78 is 21.1. The first-order chi connectivity index (χ1) is 10.3.